The molecule has 6 heteroatoms. The first-order valence-electron chi connectivity index (χ1n) is 5.90. The van der Waals surface area contributed by atoms with E-state index in [0.29, 0.717) is 13.2 Å². The largest absolute Gasteiger partial charge is 0.484 e. The molecule has 100 valence electrons. The molecule has 1 aromatic rings. The number of nitrogen functional groups attached to an aromatic ring is 1. The van der Waals surface area contributed by atoms with E-state index in [2.05, 4.69) is 6.92 Å². The Morgan fingerprint density at radius 1 is 1.33 bits per heavy atom. The van der Waals surface area contributed by atoms with Gasteiger partial charge in [-0.1, -0.05) is 19.4 Å². The number of rotatable bonds is 8. The van der Waals surface area contributed by atoms with Crippen LogP contribution in [0.4, 0.5) is 11.4 Å². The van der Waals surface area contributed by atoms with E-state index in [-0.39, 0.29) is 23.7 Å². The van der Waals surface area contributed by atoms with Crippen molar-refractivity contribution >= 4 is 11.4 Å². The van der Waals surface area contributed by atoms with Gasteiger partial charge in [-0.3, -0.25) is 10.1 Å². The lowest BCUT2D eigenvalue weighted by Gasteiger charge is -2.08. The van der Waals surface area contributed by atoms with Gasteiger partial charge in [0.05, 0.1) is 11.5 Å². The summed E-state index contributed by atoms with van der Waals surface area (Å²) in [6.07, 6.45) is 2.07. The van der Waals surface area contributed by atoms with Crippen LogP contribution >= 0.6 is 0 Å². The summed E-state index contributed by atoms with van der Waals surface area (Å²) >= 11 is 0. The quantitative estimate of drug-likeness (QED) is 0.333. The lowest BCUT2D eigenvalue weighted by atomic mass is 10.2. The van der Waals surface area contributed by atoms with Crippen LogP contribution in [0.25, 0.3) is 0 Å². The zero-order valence-corrected chi connectivity index (χ0v) is 10.4. The third-order valence-electron chi connectivity index (χ3n) is 2.34. The molecule has 0 bridgehead atoms. The fraction of sp³-hybridized carbons (Fsp3) is 0.500. The molecule has 0 saturated carbocycles. The molecule has 0 spiro atoms. The van der Waals surface area contributed by atoms with Crippen LogP contribution in [0.2, 0.25) is 0 Å². The fourth-order valence-electron chi connectivity index (χ4n) is 1.41. The number of hydrogen-bond donors (Lipinski definition) is 1. The van der Waals surface area contributed by atoms with E-state index in [4.69, 9.17) is 15.2 Å². The first-order chi connectivity index (χ1) is 8.66. The number of nitrogens with two attached hydrogens (primary N) is 1. The van der Waals surface area contributed by atoms with Crippen LogP contribution in [0.1, 0.15) is 19.8 Å². The molecule has 0 radical (unpaired) electrons. The Labute approximate surface area is 106 Å². The van der Waals surface area contributed by atoms with Gasteiger partial charge in [0.2, 0.25) is 0 Å². The first-order valence-corrected chi connectivity index (χ1v) is 5.90. The monoisotopic (exact) mass is 254 g/mol. The summed E-state index contributed by atoms with van der Waals surface area (Å²) in [5.41, 5.74) is 5.45. The Hall–Kier alpha value is -1.82. The van der Waals surface area contributed by atoms with Gasteiger partial charge in [-0.2, -0.15) is 0 Å². The molecule has 6 nitrogen and oxygen atoms in total. The highest BCUT2D eigenvalue weighted by molar-refractivity contribution is 5.65. The summed E-state index contributed by atoms with van der Waals surface area (Å²) in [5, 5.41) is 10.8. The topological polar surface area (TPSA) is 87.6 Å². The van der Waals surface area contributed by atoms with Crippen LogP contribution < -0.4 is 10.5 Å². The van der Waals surface area contributed by atoms with Gasteiger partial charge >= 0.3 is 5.69 Å². The third-order valence-corrected chi connectivity index (χ3v) is 2.34. The average Bonchev–Trinajstić information content (AvgIpc) is 2.33. The molecule has 0 unspecified atom stereocenters. The smallest absolute Gasteiger partial charge is 0.333 e. The second-order valence-corrected chi connectivity index (χ2v) is 3.77. The van der Waals surface area contributed by atoms with E-state index in [9.17, 15) is 10.1 Å². The van der Waals surface area contributed by atoms with Crippen molar-refractivity contribution in [3.05, 3.63) is 28.3 Å². The molecule has 0 aliphatic heterocycles. The fourth-order valence-corrected chi connectivity index (χ4v) is 1.41. The van der Waals surface area contributed by atoms with E-state index < -0.39 is 4.92 Å². The van der Waals surface area contributed by atoms with Gasteiger partial charge in [0.15, 0.2) is 5.75 Å². The lowest BCUT2D eigenvalue weighted by Crippen LogP contribution is -2.09. The van der Waals surface area contributed by atoms with Crippen LogP contribution in [0.3, 0.4) is 0 Å². The van der Waals surface area contributed by atoms with Crippen molar-refractivity contribution in [2.75, 3.05) is 25.6 Å². The third kappa shape index (κ3) is 4.21. The number of anilines is 1. The number of nitro groups is 1. The SMILES string of the molecule is CCCCOCCOc1cccc(N)c1[N+](=O)[O-]. The lowest BCUT2D eigenvalue weighted by molar-refractivity contribution is -0.384. The number of nitro benzene ring substituents is 1. The van der Waals surface area contributed by atoms with Gasteiger partial charge in [-0.15, -0.1) is 0 Å². The van der Waals surface area contributed by atoms with Crippen LogP contribution in [0.15, 0.2) is 18.2 Å². The molecule has 1 aromatic carbocycles. The van der Waals surface area contributed by atoms with E-state index >= 15 is 0 Å². The molecule has 0 heterocycles. The minimum Gasteiger partial charge on any atom is -0.484 e. The standard InChI is InChI=1S/C12H18N2O4/c1-2-3-7-17-8-9-18-11-6-4-5-10(13)12(11)14(15)16/h4-6H,2-3,7-9,13H2,1H3. The van der Waals surface area contributed by atoms with Gasteiger partial charge in [-0.25, -0.2) is 0 Å². The number of unbranched alkanes of at least 4 members (excludes halogenated alkanes) is 1. The van der Waals surface area contributed by atoms with E-state index in [1.807, 2.05) is 0 Å². The Kier molecular flexibility index (Phi) is 5.93. The minimum atomic E-state index is -0.539. The van der Waals surface area contributed by atoms with Crippen molar-refractivity contribution in [2.24, 2.45) is 0 Å². The summed E-state index contributed by atoms with van der Waals surface area (Å²) in [7, 11) is 0. The van der Waals surface area contributed by atoms with E-state index in [1.54, 1.807) is 6.07 Å². The molecule has 2 N–H and O–H groups in total. The molecular formula is C12H18N2O4. The van der Waals surface area contributed by atoms with Crippen molar-refractivity contribution in [3.8, 4) is 5.75 Å². The Morgan fingerprint density at radius 3 is 2.78 bits per heavy atom. The molecule has 0 aromatic heterocycles. The maximum Gasteiger partial charge on any atom is 0.333 e. The predicted molar refractivity (Wildman–Crippen MR) is 68.7 cm³/mol. The number of para-hydroxylation sites is 1. The van der Waals surface area contributed by atoms with Crippen molar-refractivity contribution in [1.29, 1.82) is 0 Å². The maximum atomic E-state index is 10.8. The summed E-state index contributed by atoms with van der Waals surface area (Å²) in [4.78, 5) is 10.3. The van der Waals surface area contributed by atoms with E-state index in [1.165, 1.54) is 12.1 Å². The van der Waals surface area contributed by atoms with Crippen LogP contribution in [-0.4, -0.2) is 24.7 Å². The molecule has 1 rings (SSSR count). The summed E-state index contributed by atoms with van der Waals surface area (Å²) in [5.74, 6) is 0.180. The van der Waals surface area contributed by atoms with Crippen LogP contribution in [0, 0.1) is 10.1 Å². The molecule has 0 aliphatic carbocycles. The van der Waals surface area contributed by atoms with Gasteiger partial charge in [0.25, 0.3) is 0 Å². The zero-order valence-electron chi connectivity index (χ0n) is 10.4. The summed E-state index contributed by atoms with van der Waals surface area (Å²) in [6.45, 7) is 3.44. The van der Waals surface area contributed by atoms with Gasteiger partial charge < -0.3 is 15.2 Å². The Morgan fingerprint density at radius 2 is 2.11 bits per heavy atom. The molecule has 0 fully saturated rings. The maximum absolute atomic E-state index is 10.8. The highest BCUT2D eigenvalue weighted by atomic mass is 16.6. The molecule has 0 saturated heterocycles. The van der Waals surface area contributed by atoms with Gasteiger partial charge in [-0.05, 0) is 18.6 Å². The van der Waals surface area contributed by atoms with Crippen molar-refractivity contribution in [1.82, 2.24) is 0 Å². The summed E-state index contributed by atoms with van der Waals surface area (Å²) < 4.78 is 10.6. The number of ether oxygens (including phenoxy) is 2. The molecule has 0 amide bonds. The predicted octanol–water partition coefficient (Wildman–Crippen LogP) is 2.37. The normalized spacial score (nSPS) is 10.3. The van der Waals surface area contributed by atoms with Gasteiger partial charge in [0, 0.05) is 6.61 Å². The molecule has 18 heavy (non-hydrogen) atoms. The molecular weight excluding hydrogens is 236 g/mol. The van der Waals surface area contributed by atoms with Crippen molar-refractivity contribution in [3.63, 3.8) is 0 Å². The summed E-state index contributed by atoms with van der Waals surface area (Å²) in [6, 6.07) is 4.62. The number of hydrogen-bond acceptors (Lipinski definition) is 5. The second kappa shape index (κ2) is 7.50. The molecule has 0 atom stereocenters. The average molecular weight is 254 g/mol. The number of benzene rings is 1. The highest BCUT2D eigenvalue weighted by Gasteiger charge is 2.18. The second-order valence-electron chi connectivity index (χ2n) is 3.77. The number of nitrogens with zero attached hydrogens (tertiary/aromatic N) is 1. The highest BCUT2D eigenvalue weighted by Crippen LogP contribution is 2.32. The van der Waals surface area contributed by atoms with Crippen LogP contribution in [-0.2, 0) is 4.74 Å². The first kappa shape index (κ1) is 14.2. The zero-order chi connectivity index (χ0) is 13.4. The van der Waals surface area contributed by atoms with E-state index in [0.717, 1.165) is 12.8 Å². The Balaban J connectivity index is 2.47. The van der Waals surface area contributed by atoms with Gasteiger partial charge in [0.1, 0.15) is 12.3 Å². The Bertz CT molecular complexity index is 396. The van der Waals surface area contributed by atoms with Crippen molar-refractivity contribution < 1.29 is 14.4 Å². The molecule has 0 aliphatic rings. The minimum absolute atomic E-state index is 0.101. The van der Waals surface area contributed by atoms with Crippen LogP contribution in [0.5, 0.6) is 5.75 Å². The van der Waals surface area contributed by atoms with Crippen molar-refractivity contribution in [2.45, 2.75) is 19.8 Å².